The van der Waals surface area contributed by atoms with E-state index < -0.39 is 0 Å². The third-order valence-electron chi connectivity index (χ3n) is 3.94. The second-order valence-electron chi connectivity index (χ2n) is 5.75. The molecule has 0 bridgehead atoms. The summed E-state index contributed by atoms with van der Waals surface area (Å²) in [5, 5.41) is 11.4. The lowest BCUT2D eigenvalue weighted by molar-refractivity contribution is -0.0399. The summed E-state index contributed by atoms with van der Waals surface area (Å²) in [4.78, 5) is 15.2. The van der Waals surface area contributed by atoms with Gasteiger partial charge in [0.1, 0.15) is 10.8 Å². The molecule has 1 aliphatic heterocycles. The highest BCUT2D eigenvalue weighted by atomic mass is 32.1. The van der Waals surface area contributed by atoms with Gasteiger partial charge >= 0.3 is 0 Å². The molecule has 0 unspecified atom stereocenters. The Labute approximate surface area is 142 Å². The largest absolute Gasteiger partial charge is 0.382 e. The Morgan fingerprint density at radius 2 is 2.33 bits per heavy atom. The first-order valence-corrected chi connectivity index (χ1v) is 8.62. The molecule has 4 heterocycles. The maximum Gasteiger partial charge on any atom is 0.184 e. The monoisotopic (exact) mass is 346 g/mol. The van der Waals surface area contributed by atoms with Crippen LogP contribution in [0, 0.1) is 6.92 Å². The molecule has 1 atom stereocenters. The van der Waals surface area contributed by atoms with Crippen molar-refractivity contribution < 1.29 is 4.74 Å². The number of fused-ring (bicyclic) bond motifs is 1. The molecular weight excluding hydrogens is 328 g/mol. The molecule has 3 aromatic heterocycles. The minimum Gasteiger partial charge on any atom is -0.382 e. The first kappa shape index (κ1) is 15.4. The third-order valence-corrected chi connectivity index (χ3v) is 4.71. The van der Waals surface area contributed by atoms with Crippen molar-refractivity contribution in [2.75, 3.05) is 25.4 Å². The second kappa shape index (κ2) is 6.38. The molecule has 0 amide bonds. The number of morpholine rings is 1. The van der Waals surface area contributed by atoms with Crippen molar-refractivity contribution in [2.45, 2.75) is 26.1 Å². The summed E-state index contributed by atoms with van der Waals surface area (Å²) in [6, 6.07) is 0. The molecule has 1 saturated heterocycles. The molecular formula is C14H18N8OS. The molecule has 3 aromatic rings. The average molecular weight is 346 g/mol. The zero-order valence-corrected chi connectivity index (χ0v) is 14.1. The molecule has 24 heavy (non-hydrogen) atoms. The molecule has 2 N–H and O–H groups in total. The van der Waals surface area contributed by atoms with E-state index in [0.29, 0.717) is 36.0 Å². The Kier molecular flexibility index (Phi) is 4.08. The fraction of sp³-hybridized carbons (Fsp3) is 0.500. The lowest BCUT2D eigenvalue weighted by Gasteiger charge is -2.32. The lowest BCUT2D eigenvalue weighted by Crippen LogP contribution is -2.43. The molecule has 0 spiro atoms. The van der Waals surface area contributed by atoms with Crippen LogP contribution >= 0.6 is 11.3 Å². The minimum atomic E-state index is 0.0279. The van der Waals surface area contributed by atoms with Crippen molar-refractivity contribution in [3.05, 3.63) is 22.4 Å². The van der Waals surface area contributed by atoms with E-state index in [1.54, 1.807) is 22.9 Å². The van der Waals surface area contributed by atoms with Crippen molar-refractivity contribution >= 4 is 28.3 Å². The summed E-state index contributed by atoms with van der Waals surface area (Å²) in [5.74, 6) is 0.970. The van der Waals surface area contributed by atoms with Gasteiger partial charge in [0.15, 0.2) is 17.0 Å². The number of hydrogen-bond donors (Lipinski definition) is 1. The van der Waals surface area contributed by atoms with Crippen LogP contribution in [0.3, 0.4) is 0 Å². The summed E-state index contributed by atoms with van der Waals surface area (Å²) >= 11 is 1.68. The quantitative estimate of drug-likeness (QED) is 0.726. The van der Waals surface area contributed by atoms with Gasteiger partial charge in [0.05, 0.1) is 25.8 Å². The summed E-state index contributed by atoms with van der Waals surface area (Å²) in [6.45, 7) is 5.66. The van der Waals surface area contributed by atoms with Crippen molar-refractivity contribution in [3.8, 4) is 0 Å². The Bertz CT molecular complexity index is 833. The molecule has 126 valence electrons. The van der Waals surface area contributed by atoms with Crippen LogP contribution in [-0.4, -0.2) is 60.6 Å². The highest BCUT2D eigenvalue weighted by molar-refractivity contribution is 7.09. The van der Waals surface area contributed by atoms with Crippen LogP contribution in [0.15, 0.2) is 11.6 Å². The maximum absolute atomic E-state index is 5.89. The van der Waals surface area contributed by atoms with Crippen LogP contribution in [-0.2, 0) is 17.8 Å². The molecule has 1 aliphatic rings. The van der Waals surface area contributed by atoms with E-state index in [9.17, 15) is 0 Å². The second-order valence-corrected chi connectivity index (χ2v) is 6.73. The van der Waals surface area contributed by atoms with Gasteiger partial charge in [-0.3, -0.25) is 4.90 Å². The normalized spacial score (nSPS) is 19.1. The minimum absolute atomic E-state index is 0.0279. The van der Waals surface area contributed by atoms with Crippen LogP contribution in [0.1, 0.15) is 10.8 Å². The van der Waals surface area contributed by atoms with Gasteiger partial charge in [-0.2, -0.15) is 0 Å². The van der Waals surface area contributed by atoms with Crippen LogP contribution < -0.4 is 5.73 Å². The lowest BCUT2D eigenvalue weighted by atomic mass is 10.2. The van der Waals surface area contributed by atoms with Gasteiger partial charge in [0, 0.05) is 24.7 Å². The summed E-state index contributed by atoms with van der Waals surface area (Å²) in [7, 11) is 0. The highest BCUT2D eigenvalue weighted by Crippen LogP contribution is 2.17. The van der Waals surface area contributed by atoms with E-state index in [4.69, 9.17) is 10.5 Å². The van der Waals surface area contributed by atoms with Crippen molar-refractivity contribution in [1.82, 2.24) is 34.8 Å². The van der Waals surface area contributed by atoms with E-state index in [2.05, 4.69) is 30.2 Å². The van der Waals surface area contributed by atoms with Crippen molar-refractivity contribution in [1.29, 1.82) is 0 Å². The number of nitrogens with zero attached hydrogens (tertiary/aromatic N) is 7. The predicted molar refractivity (Wildman–Crippen MR) is 89.4 cm³/mol. The summed E-state index contributed by atoms with van der Waals surface area (Å²) < 4.78 is 7.64. The van der Waals surface area contributed by atoms with E-state index in [-0.39, 0.29) is 6.10 Å². The molecule has 0 saturated carbocycles. The zero-order valence-electron chi connectivity index (χ0n) is 13.3. The van der Waals surface area contributed by atoms with Crippen LogP contribution in [0.4, 0.5) is 5.82 Å². The van der Waals surface area contributed by atoms with Gasteiger partial charge in [-0.15, -0.1) is 16.4 Å². The van der Waals surface area contributed by atoms with Gasteiger partial charge in [-0.25, -0.2) is 19.6 Å². The Morgan fingerprint density at radius 1 is 1.42 bits per heavy atom. The Morgan fingerprint density at radius 3 is 3.17 bits per heavy atom. The van der Waals surface area contributed by atoms with Crippen molar-refractivity contribution in [2.24, 2.45) is 0 Å². The number of thiazole rings is 1. The van der Waals surface area contributed by atoms with E-state index >= 15 is 0 Å². The van der Waals surface area contributed by atoms with Crippen LogP contribution in [0.5, 0.6) is 0 Å². The third kappa shape index (κ3) is 3.07. The number of aryl methyl sites for hydroxylation is 1. The fourth-order valence-corrected chi connectivity index (χ4v) is 3.52. The number of anilines is 1. The SMILES string of the molecule is Cc1nc(N)c2nnn(C[C@H]3CN(Cc4nccs4)CCO3)c2n1. The molecule has 10 heteroatoms. The number of hydrogen-bond acceptors (Lipinski definition) is 9. The van der Waals surface area contributed by atoms with Gasteiger partial charge in [-0.05, 0) is 6.92 Å². The number of rotatable bonds is 4. The van der Waals surface area contributed by atoms with Crippen LogP contribution in [0.25, 0.3) is 11.2 Å². The molecule has 1 fully saturated rings. The van der Waals surface area contributed by atoms with E-state index in [0.717, 1.165) is 24.6 Å². The zero-order chi connectivity index (χ0) is 16.5. The maximum atomic E-state index is 5.89. The number of nitrogens with two attached hydrogens (primary N) is 1. The molecule has 0 aromatic carbocycles. The molecule has 9 nitrogen and oxygen atoms in total. The number of nitrogen functional groups attached to an aromatic ring is 1. The number of aromatic nitrogens is 6. The van der Waals surface area contributed by atoms with Crippen LogP contribution in [0.2, 0.25) is 0 Å². The summed E-state index contributed by atoms with van der Waals surface area (Å²) in [5.41, 5.74) is 7.08. The topological polar surface area (TPSA) is 108 Å². The van der Waals surface area contributed by atoms with E-state index in [1.165, 1.54) is 0 Å². The smallest absolute Gasteiger partial charge is 0.184 e. The fourth-order valence-electron chi connectivity index (χ4n) is 2.86. The Hall–Kier alpha value is -2.17. The van der Waals surface area contributed by atoms with Crippen molar-refractivity contribution in [3.63, 3.8) is 0 Å². The summed E-state index contributed by atoms with van der Waals surface area (Å²) in [6.07, 6.45) is 1.87. The molecule has 4 rings (SSSR count). The van der Waals surface area contributed by atoms with Gasteiger partial charge in [-0.1, -0.05) is 5.21 Å². The average Bonchev–Trinajstić information content (AvgIpc) is 3.18. The van der Waals surface area contributed by atoms with Gasteiger partial charge in [0.25, 0.3) is 0 Å². The van der Waals surface area contributed by atoms with Gasteiger partial charge < -0.3 is 10.5 Å². The van der Waals surface area contributed by atoms with Gasteiger partial charge in [0.2, 0.25) is 0 Å². The highest BCUT2D eigenvalue weighted by Gasteiger charge is 2.23. The first-order chi connectivity index (χ1) is 11.7. The van der Waals surface area contributed by atoms with E-state index in [1.807, 2.05) is 11.6 Å². The molecule has 0 radical (unpaired) electrons. The molecule has 0 aliphatic carbocycles. The standard InChI is InChI=1S/C14H18N8OS/c1-9-17-13(15)12-14(18-9)22(20-19-12)7-10-6-21(3-4-23-10)8-11-16-2-5-24-11/h2,5,10H,3-4,6-8H2,1H3,(H2,15,17,18)/t10-/m1/s1. The predicted octanol–water partition coefficient (Wildman–Crippen LogP) is 0.469. The Balaban J connectivity index is 1.49. The first-order valence-electron chi connectivity index (χ1n) is 7.74. The number of ether oxygens (including phenoxy) is 1.